The fraction of sp³-hybridized carbons (Fsp3) is 0.111. The summed E-state index contributed by atoms with van der Waals surface area (Å²) in [5, 5.41) is 8.93. The highest BCUT2D eigenvalue weighted by Gasteiger charge is 2.06. The number of pyridine rings is 1. The second-order valence-electron chi connectivity index (χ2n) is 2.84. The maximum absolute atomic E-state index is 11.6. The van der Waals surface area contributed by atoms with E-state index in [0.29, 0.717) is 11.0 Å². The molecule has 0 saturated carbocycles. The monoisotopic (exact) mass is 193 g/mol. The largest absolute Gasteiger partial charge is 0.480 e. The summed E-state index contributed by atoms with van der Waals surface area (Å²) in [7, 11) is 0. The summed E-state index contributed by atoms with van der Waals surface area (Å²) >= 11 is 0. The Hall–Kier alpha value is -2.04. The van der Waals surface area contributed by atoms with Crippen molar-refractivity contribution in [2.75, 3.05) is 0 Å². The molecule has 0 saturated heterocycles. The first kappa shape index (κ1) is 8.55. The molecule has 2 rings (SSSR count). The molecule has 0 aliphatic carbocycles. The summed E-state index contributed by atoms with van der Waals surface area (Å²) in [5.74, 6) is -1.05. The van der Waals surface area contributed by atoms with Gasteiger partial charge in [-0.25, -0.2) is 0 Å². The van der Waals surface area contributed by atoms with Crippen LogP contribution >= 0.6 is 0 Å². The lowest BCUT2D eigenvalue weighted by atomic mass is 10.3. The third-order valence-corrected chi connectivity index (χ3v) is 1.90. The number of carboxylic acids is 1. The second-order valence-corrected chi connectivity index (χ2v) is 2.84. The predicted molar refractivity (Wildman–Crippen MR) is 48.1 cm³/mol. The molecule has 0 aliphatic heterocycles. The van der Waals surface area contributed by atoms with Crippen LogP contribution in [0.4, 0.5) is 0 Å². The molecule has 2 aromatic rings. The average Bonchev–Trinajstić information content (AvgIpc) is 2.57. The maximum atomic E-state index is 11.6. The molecule has 0 atom stereocenters. The molecule has 0 amide bonds. The first-order chi connectivity index (χ1) is 6.68. The number of nitrogens with zero attached hydrogens (tertiary/aromatic N) is 1. The molecule has 0 spiro atoms. The molecule has 2 heterocycles. The Morgan fingerprint density at radius 3 is 3.00 bits per heavy atom. The molecular formula is C9H7NO4. The van der Waals surface area contributed by atoms with Gasteiger partial charge in [-0.05, 0) is 12.1 Å². The first-order valence-corrected chi connectivity index (χ1v) is 3.97. The Morgan fingerprint density at radius 1 is 1.50 bits per heavy atom. The number of aromatic nitrogens is 1. The number of furan rings is 1. The number of aliphatic carboxylic acids is 1. The molecule has 0 aliphatic rings. The molecule has 72 valence electrons. The molecule has 14 heavy (non-hydrogen) atoms. The van der Waals surface area contributed by atoms with Crippen molar-refractivity contribution in [1.82, 2.24) is 4.57 Å². The summed E-state index contributed by atoms with van der Waals surface area (Å²) in [5.41, 5.74) is 0.121. The molecule has 5 nitrogen and oxygen atoms in total. The van der Waals surface area contributed by atoms with E-state index in [0.717, 1.165) is 4.57 Å². The van der Waals surface area contributed by atoms with Crippen molar-refractivity contribution in [3.63, 3.8) is 0 Å². The van der Waals surface area contributed by atoms with Crippen molar-refractivity contribution in [3.05, 3.63) is 34.9 Å². The minimum absolute atomic E-state index is 0.333. The first-order valence-electron chi connectivity index (χ1n) is 3.97. The minimum atomic E-state index is -1.05. The van der Waals surface area contributed by atoms with Crippen molar-refractivity contribution >= 4 is 16.9 Å². The molecule has 0 bridgehead atoms. The van der Waals surface area contributed by atoms with Gasteiger partial charge >= 0.3 is 5.97 Å². The normalized spacial score (nSPS) is 10.6. The average molecular weight is 193 g/mol. The Bertz CT molecular complexity index is 537. The minimum Gasteiger partial charge on any atom is -0.480 e. The van der Waals surface area contributed by atoms with Gasteiger partial charge in [-0.15, -0.1) is 0 Å². The third-order valence-electron chi connectivity index (χ3n) is 1.90. The van der Waals surface area contributed by atoms with E-state index >= 15 is 0 Å². The van der Waals surface area contributed by atoms with Gasteiger partial charge in [-0.2, -0.15) is 0 Å². The zero-order valence-corrected chi connectivity index (χ0v) is 7.14. The topological polar surface area (TPSA) is 72.4 Å². The molecule has 0 fully saturated rings. The van der Waals surface area contributed by atoms with Crippen molar-refractivity contribution < 1.29 is 14.3 Å². The van der Waals surface area contributed by atoms with Crippen LogP contribution in [0.25, 0.3) is 11.0 Å². The number of hydrogen-bond donors (Lipinski definition) is 1. The molecule has 0 radical (unpaired) electrons. The smallest absolute Gasteiger partial charge is 0.323 e. The van der Waals surface area contributed by atoms with Crippen molar-refractivity contribution in [3.8, 4) is 0 Å². The number of fused-ring (bicyclic) bond motifs is 1. The number of carboxylic acid groups (broad SMARTS) is 1. The van der Waals surface area contributed by atoms with Gasteiger partial charge in [0.25, 0.3) is 5.56 Å². The number of hydrogen-bond acceptors (Lipinski definition) is 3. The SMILES string of the molecule is O=C(O)Cn1ccc2occc2c1=O. The van der Waals surface area contributed by atoms with Crippen LogP contribution in [-0.2, 0) is 11.3 Å². The highest BCUT2D eigenvalue weighted by Crippen LogP contribution is 2.09. The van der Waals surface area contributed by atoms with Gasteiger partial charge < -0.3 is 14.1 Å². The van der Waals surface area contributed by atoms with E-state index in [-0.39, 0.29) is 12.1 Å². The zero-order chi connectivity index (χ0) is 10.1. The molecule has 1 N–H and O–H groups in total. The Morgan fingerprint density at radius 2 is 2.29 bits per heavy atom. The fourth-order valence-corrected chi connectivity index (χ4v) is 1.28. The standard InChI is InChI=1S/C9H7NO4/c11-8(12)5-10-3-1-7-6(9(10)13)2-4-14-7/h1-4H,5H2,(H,11,12). The summed E-state index contributed by atoms with van der Waals surface area (Å²) < 4.78 is 6.12. The molecule has 0 aromatic carbocycles. The van der Waals surface area contributed by atoms with Crippen molar-refractivity contribution in [2.45, 2.75) is 6.54 Å². The van der Waals surface area contributed by atoms with Gasteiger partial charge in [0.1, 0.15) is 12.1 Å². The highest BCUT2D eigenvalue weighted by molar-refractivity contribution is 5.76. The summed E-state index contributed by atoms with van der Waals surface area (Å²) in [4.78, 5) is 22.0. The van der Waals surface area contributed by atoms with Gasteiger partial charge in [0.05, 0.1) is 11.6 Å². The van der Waals surface area contributed by atoms with Crippen LogP contribution in [0, 0.1) is 0 Å². The Labute approximate surface area is 78.2 Å². The predicted octanol–water partition coefficient (Wildman–Crippen LogP) is 0.679. The van der Waals surface area contributed by atoms with Gasteiger partial charge in [-0.3, -0.25) is 9.59 Å². The van der Waals surface area contributed by atoms with Crippen LogP contribution in [0.3, 0.4) is 0 Å². The summed E-state index contributed by atoms with van der Waals surface area (Å²) in [6, 6.07) is 3.09. The van der Waals surface area contributed by atoms with Gasteiger partial charge in [0.15, 0.2) is 0 Å². The van der Waals surface area contributed by atoms with Crippen molar-refractivity contribution in [2.24, 2.45) is 0 Å². The lowest BCUT2D eigenvalue weighted by Crippen LogP contribution is -2.22. The van der Waals surface area contributed by atoms with Gasteiger partial charge in [-0.1, -0.05) is 0 Å². The van der Waals surface area contributed by atoms with Crippen LogP contribution in [0.15, 0.2) is 33.8 Å². The maximum Gasteiger partial charge on any atom is 0.323 e. The zero-order valence-electron chi connectivity index (χ0n) is 7.14. The van der Waals surface area contributed by atoms with E-state index < -0.39 is 5.97 Å². The second kappa shape index (κ2) is 3.02. The van der Waals surface area contributed by atoms with Crippen LogP contribution < -0.4 is 5.56 Å². The number of carbonyl (C=O) groups is 1. The Kier molecular flexibility index (Phi) is 1.85. The van der Waals surface area contributed by atoms with Gasteiger partial charge in [0, 0.05) is 6.20 Å². The van der Waals surface area contributed by atoms with E-state index in [1.165, 1.54) is 18.5 Å². The van der Waals surface area contributed by atoms with Gasteiger partial charge in [0.2, 0.25) is 0 Å². The number of rotatable bonds is 2. The lowest BCUT2D eigenvalue weighted by molar-refractivity contribution is -0.137. The molecule has 5 heteroatoms. The van der Waals surface area contributed by atoms with Crippen LogP contribution in [0.5, 0.6) is 0 Å². The third kappa shape index (κ3) is 1.28. The molecule has 2 aromatic heterocycles. The Balaban J connectivity index is 2.62. The van der Waals surface area contributed by atoms with Crippen molar-refractivity contribution in [1.29, 1.82) is 0 Å². The molecule has 0 unspecified atom stereocenters. The van der Waals surface area contributed by atoms with Crippen LogP contribution in [-0.4, -0.2) is 15.6 Å². The lowest BCUT2D eigenvalue weighted by Gasteiger charge is -2.00. The van der Waals surface area contributed by atoms with Crippen LogP contribution in [0.2, 0.25) is 0 Å². The highest BCUT2D eigenvalue weighted by atomic mass is 16.4. The van der Waals surface area contributed by atoms with E-state index in [2.05, 4.69) is 0 Å². The summed E-state index contributed by atoms with van der Waals surface area (Å²) in [6.07, 6.45) is 2.81. The molecular weight excluding hydrogens is 186 g/mol. The quantitative estimate of drug-likeness (QED) is 0.761. The van der Waals surface area contributed by atoms with E-state index in [4.69, 9.17) is 9.52 Å². The summed E-state index contributed by atoms with van der Waals surface area (Å²) in [6.45, 7) is -0.333. The van der Waals surface area contributed by atoms with Crippen LogP contribution in [0.1, 0.15) is 0 Å². The fourth-order valence-electron chi connectivity index (χ4n) is 1.28. The van der Waals surface area contributed by atoms with E-state index in [9.17, 15) is 9.59 Å². The van der Waals surface area contributed by atoms with E-state index in [1.54, 1.807) is 6.07 Å². The van der Waals surface area contributed by atoms with E-state index in [1.807, 2.05) is 0 Å².